The van der Waals surface area contributed by atoms with E-state index in [1.54, 1.807) is 18.2 Å². The highest BCUT2D eigenvalue weighted by Gasteiger charge is 2.10. The highest BCUT2D eigenvalue weighted by atomic mass is 16.4. The minimum atomic E-state index is -0.887. The van der Waals surface area contributed by atoms with Crippen molar-refractivity contribution in [3.63, 3.8) is 0 Å². The molecule has 0 aliphatic rings. The number of nitrogens with one attached hydrogen (secondary N) is 1. The van der Waals surface area contributed by atoms with Crippen LogP contribution in [0, 0.1) is 6.92 Å². The summed E-state index contributed by atoms with van der Waals surface area (Å²) in [5.41, 5.74) is 4.82. The van der Waals surface area contributed by atoms with Gasteiger partial charge in [0.05, 0.1) is 5.56 Å². The molecular formula is C17H15NO2. The normalized spacial score (nSPS) is 10.8. The smallest absolute Gasteiger partial charge is 0.335 e. The molecule has 0 aliphatic heterocycles. The standard InChI is InChI=1S/C17H15NO2/c1-11-15(14-7-2-3-8-16(14)18-11)10-12-5-4-6-13(9-12)17(19)20/h2-9,18H,10H2,1H3,(H,19,20). The summed E-state index contributed by atoms with van der Waals surface area (Å²) in [6, 6.07) is 15.3. The summed E-state index contributed by atoms with van der Waals surface area (Å²) in [5, 5.41) is 10.3. The van der Waals surface area contributed by atoms with E-state index in [1.807, 2.05) is 18.2 Å². The van der Waals surface area contributed by atoms with E-state index in [2.05, 4.69) is 24.0 Å². The van der Waals surface area contributed by atoms with Crippen molar-refractivity contribution in [3.05, 3.63) is 70.9 Å². The van der Waals surface area contributed by atoms with Crippen LogP contribution in [0.4, 0.5) is 0 Å². The number of aromatic amines is 1. The lowest BCUT2D eigenvalue weighted by Gasteiger charge is -2.04. The third-order valence-electron chi connectivity index (χ3n) is 3.58. The highest BCUT2D eigenvalue weighted by molar-refractivity contribution is 5.88. The van der Waals surface area contributed by atoms with Crippen LogP contribution in [-0.2, 0) is 6.42 Å². The highest BCUT2D eigenvalue weighted by Crippen LogP contribution is 2.24. The van der Waals surface area contributed by atoms with Gasteiger partial charge in [-0.1, -0.05) is 30.3 Å². The molecule has 100 valence electrons. The predicted octanol–water partition coefficient (Wildman–Crippen LogP) is 3.77. The van der Waals surface area contributed by atoms with Crippen LogP contribution in [0.5, 0.6) is 0 Å². The fraction of sp³-hybridized carbons (Fsp3) is 0.118. The van der Waals surface area contributed by atoms with E-state index in [4.69, 9.17) is 5.11 Å². The number of benzene rings is 2. The molecule has 0 saturated heterocycles. The molecule has 0 bridgehead atoms. The van der Waals surface area contributed by atoms with Crippen LogP contribution in [-0.4, -0.2) is 16.1 Å². The topological polar surface area (TPSA) is 53.1 Å². The van der Waals surface area contributed by atoms with Crippen molar-refractivity contribution >= 4 is 16.9 Å². The van der Waals surface area contributed by atoms with Gasteiger partial charge in [-0.15, -0.1) is 0 Å². The van der Waals surface area contributed by atoms with Crippen molar-refractivity contribution in [1.82, 2.24) is 4.98 Å². The molecule has 0 saturated carbocycles. The summed E-state index contributed by atoms with van der Waals surface area (Å²) in [5.74, 6) is -0.887. The Hall–Kier alpha value is -2.55. The number of carboxylic acid groups (broad SMARTS) is 1. The Kier molecular flexibility index (Phi) is 3.03. The van der Waals surface area contributed by atoms with Gasteiger partial charge in [-0.25, -0.2) is 4.79 Å². The molecule has 3 nitrogen and oxygen atoms in total. The molecule has 0 unspecified atom stereocenters. The van der Waals surface area contributed by atoms with Crippen molar-refractivity contribution in [2.45, 2.75) is 13.3 Å². The average molecular weight is 265 g/mol. The van der Waals surface area contributed by atoms with E-state index in [-0.39, 0.29) is 0 Å². The Balaban J connectivity index is 2.03. The first-order chi connectivity index (χ1) is 9.65. The maximum atomic E-state index is 11.0. The molecule has 0 spiro atoms. The number of hydrogen-bond donors (Lipinski definition) is 2. The van der Waals surface area contributed by atoms with Crippen LogP contribution in [0.25, 0.3) is 10.9 Å². The predicted molar refractivity (Wildman–Crippen MR) is 79.2 cm³/mol. The molecule has 20 heavy (non-hydrogen) atoms. The monoisotopic (exact) mass is 265 g/mol. The third kappa shape index (κ3) is 2.18. The first kappa shape index (κ1) is 12.5. The minimum Gasteiger partial charge on any atom is -0.478 e. The maximum absolute atomic E-state index is 11.0. The van der Waals surface area contributed by atoms with Gasteiger partial charge < -0.3 is 10.1 Å². The summed E-state index contributed by atoms with van der Waals surface area (Å²) >= 11 is 0. The third-order valence-corrected chi connectivity index (χ3v) is 3.58. The molecule has 2 N–H and O–H groups in total. The van der Waals surface area contributed by atoms with E-state index in [9.17, 15) is 4.79 Å². The molecule has 0 atom stereocenters. The molecule has 0 aliphatic carbocycles. The number of hydrogen-bond acceptors (Lipinski definition) is 1. The van der Waals surface area contributed by atoms with Gasteiger partial charge in [0.15, 0.2) is 0 Å². The van der Waals surface area contributed by atoms with Crippen LogP contribution < -0.4 is 0 Å². The van der Waals surface area contributed by atoms with Crippen molar-refractivity contribution in [2.24, 2.45) is 0 Å². The van der Waals surface area contributed by atoms with Gasteiger partial charge in [0.25, 0.3) is 0 Å². The Bertz CT molecular complexity index is 787. The van der Waals surface area contributed by atoms with Gasteiger partial charge in [-0.3, -0.25) is 0 Å². The summed E-state index contributed by atoms with van der Waals surface area (Å²) in [6.07, 6.45) is 0.733. The molecule has 3 rings (SSSR count). The van der Waals surface area contributed by atoms with Gasteiger partial charge >= 0.3 is 5.97 Å². The van der Waals surface area contributed by atoms with E-state index >= 15 is 0 Å². The Labute approximate surface area is 116 Å². The summed E-state index contributed by atoms with van der Waals surface area (Å²) in [7, 11) is 0. The lowest BCUT2D eigenvalue weighted by atomic mass is 10.0. The van der Waals surface area contributed by atoms with Gasteiger partial charge in [0, 0.05) is 16.6 Å². The molecule has 1 heterocycles. The van der Waals surface area contributed by atoms with Gasteiger partial charge in [-0.05, 0) is 42.7 Å². The van der Waals surface area contributed by atoms with Gasteiger partial charge in [0.1, 0.15) is 0 Å². The maximum Gasteiger partial charge on any atom is 0.335 e. The Morgan fingerprint density at radius 1 is 1.15 bits per heavy atom. The summed E-state index contributed by atoms with van der Waals surface area (Å²) in [6.45, 7) is 2.05. The van der Waals surface area contributed by atoms with Crippen LogP contribution in [0.1, 0.15) is 27.2 Å². The first-order valence-corrected chi connectivity index (χ1v) is 6.53. The second-order valence-electron chi connectivity index (χ2n) is 4.96. The molecule has 3 heteroatoms. The molecule has 1 aromatic heterocycles. The number of rotatable bonds is 3. The van der Waals surface area contributed by atoms with Crippen molar-refractivity contribution < 1.29 is 9.90 Å². The number of carbonyl (C=O) groups is 1. The zero-order chi connectivity index (χ0) is 14.1. The SMILES string of the molecule is Cc1[nH]c2ccccc2c1Cc1cccc(C(=O)O)c1. The van der Waals surface area contributed by atoms with E-state index < -0.39 is 5.97 Å². The second kappa shape index (κ2) is 4.85. The van der Waals surface area contributed by atoms with Crippen molar-refractivity contribution in [2.75, 3.05) is 0 Å². The van der Waals surface area contributed by atoms with E-state index in [1.165, 1.54) is 10.9 Å². The number of carboxylic acids is 1. The van der Waals surface area contributed by atoms with Crippen molar-refractivity contribution in [3.8, 4) is 0 Å². The number of aromatic nitrogens is 1. The molecular weight excluding hydrogens is 250 g/mol. The number of aryl methyl sites for hydroxylation is 1. The van der Waals surface area contributed by atoms with Gasteiger partial charge in [0.2, 0.25) is 0 Å². The Morgan fingerprint density at radius 3 is 2.75 bits per heavy atom. The van der Waals surface area contributed by atoms with Crippen LogP contribution in [0.15, 0.2) is 48.5 Å². The quantitative estimate of drug-likeness (QED) is 0.757. The summed E-state index contributed by atoms with van der Waals surface area (Å²) < 4.78 is 0. The van der Waals surface area contributed by atoms with Crippen LogP contribution in [0.2, 0.25) is 0 Å². The molecule has 0 fully saturated rings. The lowest BCUT2D eigenvalue weighted by Crippen LogP contribution is -1.98. The van der Waals surface area contributed by atoms with E-state index in [0.717, 1.165) is 23.2 Å². The molecule has 2 aromatic carbocycles. The Morgan fingerprint density at radius 2 is 1.95 bits per heavy atom. The second-order valence-corrected chi connectivity index (χ2v) is 4.96. The fourth-order valence-electron chi connectivity index (χ4n) is 2.58. The molecule has 0 amide bonds. The summed E-state index contributed by atoms with van der Waals surface area (Å²) in [4.78, 5) is 14.4. The molecule has 3 aromatic rings. The number of fused-ring (bicyclic) bond motifs is 1. The minimum absolute atomic E-state index is 0.333. The lowest BCUT2D eigenvalue weighted by molar-refractivity contribution is 0.0697. The van der Waals surface area contributed by atoms with Crippen LogP contribution in [0.3, 0.4) is 0 Å². The average Bonchev–Trinajstić information content (AvgIpc) is 2.76. The number of H-pyrrole nitrogens is 1. The van der Waals surface area contributed by atoms with Crippen molar-refractivity contribution in [1.29, 1.82) is 0 Å². The largest absolute Gasteiger partial charge is 0.478 e. The zero-order valence-corrected chi connectivity index (χ0v) is 11.2. The first-order valence-electron chi connectivity index (χ1n) is 6.53. The van der Waals surface area contributed by atoms with Gasteiger partial charge in [-0.2, -0.15) is 0 Å². The zero-order valence-electron chi connectivity index (χ0n) is 11.2. The molecule has 0 radical (unpaired) electrons. The van der Waals surface area contributed by atoms with Crippen LogP contribution >= 0.6 is 0 Å². The van der Waals surface area contributed by atoms with E-state index in [0.29, 0.717) is 5.56 Å². The number of aromatic carboxylic acids is 1. The number of para-hydroxylation sites is 1. The fourth-order valence-corrected chi connectivity index (χ4v) is 2.58.